The molecule has 0 bridgehead atoms. The number of aryl methyl sites for hydroxylation is 1. The van der Waals surface area contributed by atoms with Crippen LogP contribution >= 0.6 is 0 Å². The molecule has 0 radical (unpaired) electrons. The largest absolute Gasteiger partial charge is 0.364 e. The molecule has 0 spiro atoms. The lowest BCUT2D eigenvalue weighted by atomic mass is 10.1. The summed E-state index contributed by atoms with van der Waals surface area (Å²) in [7, 11) is 0. The number of aromatic nitrogens is 1. The SMILES string of the molecule is Cc1cccc(NC(=O)c2ccon2)c1C. The number of hydrogen-bond donors (Lipinski definition) is 1. The van der Waals surface area contributed by atoms with Crippen molar-refractivity contribution in [2.45, 2.75) is 13.8 Å². The number of amides is 1. The Bertz CT molecular complexity index is 504. The fraction of sp³-hybridized carbons (Fsp3) is 0.167. The second-order valence-corrected chi connectivity index (χ2v) is 3.59. The molecule has 2 rings (SSSR count). The highest BCUT2D eigenvalue weighted by atomic mass is 16.5. The first-order valence-corrected chi connectivity index (χ1v) is 4.96. The molecular formula is C12H12N2O2. The third-order valence-corrected chi connectivity index (χ3v) is 2.52. The van der Waals surface area contributed by atoms with Crippen molar-refractivity contribution in [1.29, 1.82) is 0 Å². The molecule has 0 saturated heterocycles. The van der Waals surface area contributed by atoms with Crippen molar-refractivity contribution in [3.63, 3.8) is 0 Å². The van der Waals surface area contributed by atoms with Crippen molar-refractivity contribution in [2.75, 3.05) is 5.32 Å². The quantitative estimate of drug-likeness (QED) is 0.839. The van der Waals surface area contributed by atoms with E-state index in [0.29, 0.717) is 0 Å². The Kier molecular flexibility index (Phi) is 2.72. The van der Waals surface area contributed by atoms with E-state index in [1.54, 1.807) is 0 Å². The fourth-order valence-electron chi connectivity index (χ4n) is 1.40. The van der Waals surface area contributed by atoms with Gasteiger partial charge in [0, 0.05) is 11.8 Å². The molecule has 0 unspecified atom stereocenters. The summed E-state index contributed by atoms with van der Waals surface area (Å²) in [4.78, 5) is 11.7. The number of benzene rings is 1. The van der Waals surface area contributed by atoms with Crippen LogP contribution in [-0.4, -0.2) is 11.1 Å². The van der Waals surface area contributed by atoms with Crippen LogP contribution in [-0.2, 0) is 0 Å². The summed E-state index contributed by atoms with van der Waals surface area (Å²) in [6.07, 6.45) is 1.37. The Hall–Kier alpha value is -2.10. The predicted octanol–water partition coefficient (Wildman–Crippen LogP) is 2.54. The first kappa shape index (κ1) is 10.4. The minimum absolute atomic E-state index is 0.262. The van der Waals surface area contributed by atoms with Gasteiger partial charge < -0.3 is 9.84 Å². The zero-order chi connectivity index (χ0) is 11.5. The van der Waals surface area contributed by atoms with Gasteiger partial charge in [-0.1, -0.05) is 17.3 Å². The van der Waals surface area contributed by atoms with Crippen LogP contribution in [0.4, 0.5) is 5.69 Å². The van der Waals surface area contributed by atoms with Crippen LogP contribution in [0.25, 0.3) is 0 Å². The molecule has 4 heteroatoms. The normalized spacial score (nSPS) is 10.1. The number of rotatable bonds is 2. The van der Waals surface area contributed by atoms with Crippen LogP contribution in [0.5, 0.6) is 0 Å². The van der Waals surface area contributed by atoms with E-state index in [1.807, 2.05) is 32.0 Å². The lowest BCUT2D eigenvalue weighted by Crippen LogP contribution is -2.13. The van der Waals surface area contributed by atoms with E-state index in [-0.39, 0.29) is 11.6 Å². The zero-order valence-corrected chi connectivity index (χ0v) is 9.15. The van der Waals surface area contributed by atoms with Gasteiger partial charge in [-0.15, -0.1) is 0 Å². The summed E-state index contributed by atoms with van der Waals surface area (Å²) < 4.78 is 4.62. The molecule has 1 aromatic heterocycles. The van der Waals surface area contributed by atoms with E-state index in [2.05, 4.69) is 15.0 Å². The van der Waals surface area contributed by atoms with E-state index in [4.69, 9.17) is 0 Å². The van der Waals surface area contributed by atoms with Gasteiger partial charge in [-0.05, 0) is 31.0 Å². The van der Waals surface area contributed by atoms with Gasteiger partial charge in [0.15, 0.2) is 5.69 Å². The fourth-order valence-corrected chi connectivity index (χ4v) is 1.40. The number of carbonyl (C=O) groups is 1. The summed E-state index contributed by atoms with van der Waals surface area (Å²) in [5.74, 6) is -0.262. The van der Waals surface area contributed by atoms with Gasteiger partial charge in [-0.25, -0.2) is 0 Å². The smallest absolute Gasteiger partial charge is 0.277 e. The monoisotopic (exact) mass is 216 g/mol. The van der Waals surface area contributed by atoms with Crippen LogP contribution in [0, 0.1) is 13.8 Å². The summed E-state index contributed by atoms with van der Waals surface area (Å²) in [6.45, 7) is 3.97. The molecule has 1 aromatic carbocycles. The molecule has 0 saturated carbocycles. The Morgan fingerprint density at radius 3 is 2.81 bits per heavy atom. The summed E-state index contributed by atoms with van der Waals surface area (Å²) in [5.41, 5.74) is 3.27. The molecule has 1 heterocycles. The lowest BCUT2D eigenvalue weighted by Gasteiger charge is -2.08. The second-order valence-electron chi connectivity index (χ2n) is 3.59. The second kappa shape index (κ2) is 4.18. The van der Waals surface area contributed by atoms with Crippen molar-refractivity contribution in [3.8, 4) is 0 Å². The molecule has 0 aliphatic heterocycles. The summed E-state index contributed by atoms with van der Waals surface area (Å²) >= 11 is 0. The van der Waals surface area contributed by atoms with Gasteiger partial charge in [0.25, 0.3) is 5.91 Å². The van der Waals surface area contributed by atoms with E-state index in [1.165, 1.54) is 12.3 Å². The van der Waals surface area contributed by atoms with E-state index in [9.17, 15) is 4.79 Å². The summed E-state index contributed by atoms with van der Waals surface area (Å²) in [5, 5.41) is 6.37. The Balaban J connectivity index is 2.22. The third-order valence-electron chi connectivity index (χ3n) is 2.52. The molecule has 1 N–H and O–H groups in total. The minimum Gasteiger partial charge on any atom is -0.364 e. The summed E-state index contributed by atoms with van der Waals surface area (Å²) in [6, 6.07) is 7.29. The van der Waals surface area contributed by atoms with Gasteiger partial charge in [0.2, 0.25) is 0 Å². The number of anilines is 1. The standard InChI is InChI=1S/C12H12N2O2/c1-8-4-3-5-10(9(8)2)13-12(15)11-6-7-16-14-11/h3-7H,1-2H3,(H,13,15). The van der Waals surface area contributed by atoms with E-state index in [0.717, 1.165) is 16.8 Å². The molecule has 0 aliphatic carbocycles. The van der Waals surface area contributed by atoms with Crippen molar-refractivity contribution < 1.29 is 9.32 Å². The number of nitrogens with one attached hydrogen (secondary N) is 1. The van der Waals surface area contributed by atoms with Gasteiger partial charge in [-0.3, -0.25) is 4.79 Å². The highest BCUT2D eigenvalue weighted by molar-refractivity contribution is 6.03. The molecule has 82 valence electrons. The maximum Gasteiger partial charge on any atom is 0.277 e. The van der Waals surface area contributed by atoms with Crippen molar-refractivity contribution in [3.05, 3.63) is 47.3 Å². The van der Waals surface area contributed by atoms with Crippen molar-refractivity contribution in [1.82, 2.24) is 5.16 Å². The maximum absolute atomic E-state index is 11.7. The average molecular weight is 216 g/mol. The highest BCUT2D eigenvalue weighted by Crippen LogP contribution is 2.18. The van der Waals surface area contributed by atoms with Crippen molar-refractivity contribution in [2.24, 2.45) is 0 Å². The van der Waals surface area contributed by atoms with Crippen LogP contribution in [0.15, 0.2) is 35.1 Å². The lowest BCUT2D eigenvalue weighted by molar-refractivity contribution is 0.101. The number of nitrogens with zero attached hydrogens (tertiary/aromatic N) is 1. The average Bonchev–Trinajstić information content (AvgIpc) is 2.78. The Labute approximate surface area is 93.3 Å². The molecular weight excluding hydrogens is 204 g/mol. The van der Waals surface area contributed by atoms with Crippen LogP contribution in [0.2, 0.25) is 0 Å². The van der Waals surface area contributed by atoms with Gasteiger partial charge in [0.05, 0.1) is 0 Å². The van der Waals surface area contributed by atoms with Gasteiger partial charge >= 0.3 is 0 Å². The molecule has 16 heavy (non-hydrogen) atoms. The molecule has 0 aliphatic rings. The Morgan fingerprint density at radius 1 is 1.31 bits per heavy atom. The van der Waals surface area contributed by atoms with Crippen LogP contribution < -0.4 is 5.32 Å². The van der Waals surface area contributed by atoms with Crippen molar-refractivity contribution >= 4 is 11.6 Å². The van der Waals surface area contributed by atoms with Crippen LogP contribution in [0.3, 0.4) is 0 Å². The highest BCUT2D eigenvalue weighted by Gasteiger charge is 2.10. The van der Waals surface area contributed by atoms with Gasteiger partial charge in [0.1, 0.15) is 6.26 Å². The molecule has 2 aromatic rings. The molecule has 1 amide bonds. The predicted molar refractivity (Wildman–Crippen MR) is 60.4 cm³/mol. The first-order valence-electron chi connectivity index (χ1n) is 4.96. The number of hydrogen-bond acceptors (Lipinski definition) is 3. The molecule has 4 nitrogen and oxygen atoms in total. The third kappa shape index (κ3) is 1.95. The van der Waals surface area contributed by atoms with Gasteiger partial charge in [-0.2, -0.15) is 0 Å². The zero-order valence-electron chi connectivity index (χ0n) is 9.15. The molecule has 0 fully saturated rings. The first-order chi connectivity index (χ1) is 7.68. The topological polar surface area (TPSA) is 55.1 Å². The maximum atomic E-state index is 11.7. The minimum atomic E-state index is -0.262. The molecule has 0 atom stereocenters. The van der Waals surface area contributed by atoms with E-state index < -0.39 is 0 Å². The van der Waals surface area contributed by atoms with Crippen LogP contribution in [0.1, 0.15) is 21.6 Å². The number of carbonyl (C=O) groups excluding carboxylic acids is 1. The Morgan fingerprint density at radius 2 is 2.12 bits per heavy atom. The van der Waals surface area contributed by atoms with E-state index >= 15 is 0 Å².